The number of rotatable bonds is 9. The maximum Gasteiger partial charge on any atom is 0.180 e. The molecule has 0 radical (unpaired) electrons. The zero-order valence-corrected chi connectivity index (χ0v) is 19.6. The van der Waals surface area contributed by atoms with Crippen LogP contribution >= 0.6 is 0 Å². The summed E-state index contributed by atoms with van der Waals surface area (Å²) in [5.74, 6) is 1.52. The van der Waals surface area contributed by atoms with Crippen LogP contribution < -0.4 is 20.7 Å². The largest absolute Gasteiger partial charge is 0.491 e. The van der Waals surface area contributed by atoms with E-state index in [0.717, 1.165) is 46.7 Å². The molecule has 2 aromatic carbocycles. The fraction of sp³-hybridized carbons (Fsp3) is 0.375. The van der Waals surface area contributed by atoms with Gasteiger partial charge in [0.2, 0.25) is 0 Å². The van der Waals surface area contributed by atoms with Crippen LogP contribution in [0.3, 0.4) is 0 Å². The van der Waals surface area contributed by atoms with Crippen LogP contribution in [0.25, 0.3) is 10.9 Å². The van der Waals surface area contributed by atoms with Gasteiger partial charge < -0.3 is 25.4 Å². The average Bonchev–Trinajstić information content (AvgIpc) is 2.95. The topological polar surface area (TPSA) is 107 Å². The van der Waals surface area contributed by atoms with Crippen molar-refractivity contribution >= 4 is 32.2 Å². The Balaban J connectivity index is 1.71. The van der Waals surface area contributed by atoms with Gasteiger partial charge in [-0.2, -0.15) is 0 Å². The van der Waals surface area contributed by atoms with Gasteiger partial charge in [0, 0.05) is 43.9 Å². The van der Waals surface area contributed by atoms with Crippen LogP contribution in [0.5, 0.6) is 5.75 Å². The number of methoxy groups -OCH3 is 1. The maximum atomic E-state index is 12.8. The van der Waals surface area contributed by atoms with E-state index in [4.69, 9.17) is 20.2 Å². The quantitative estimate of drug-likeness (QED) is 0.460. The summed E-state index contributed by atoms with van der Waals surface area (Å²) in [4.78, 5) is 7.31. The number of anilines is 2. The lowest BCUT2D eigenvalue weighted by atomic mass is 10.1. The Morgan fingerprint density at radius 2 is 2.00 bits per heavy atom. The Morgan fingerprint density at radius 1 is 1.15 bits per heavy atom. The highest BCUT2D eigenvalue weighted by atomic mass is 32.2. The molecule has 0 saturated carbocycles. The SMILES string of the molecule is COCCOc1ccc2nc(N3CCS(=O)(=O)c4ccccc4C3)cc(NCCCN)c2c1. The fourth-order valence-corrected chi connectivity index (χ4v) is 5.41. The number of ether oxygens (including phenoxy) is 2. The molecule has 3 aromatic rings. The van der Waals surface area contributed by atoms with Crippen molar-refractivity contribution in [1.29, 1.82) is 0 Å². The lowest BCUT2D eigenvalue weighted by molar-refractivity contribution is 0.146. The maximum absolute atomic E-state index is 12.8. The first-order valence-electron chi connectivity index (χ1n) is 11.1. The van der Waals surface area contributed by atoms with E-state index in [9.17, 15) is 8.42 Å². The molecule has 0 spiro atoms. The summed E-state index contributed by atoms with van der Waals surface area (Å²) in [6, 6.07) is 15.0. The molecule has 1 aliphatic rings. The number of pyridine rings is 1. The van der Waals surface area contributed by atoms with Gasteiger partial charge in [-0.1, -0.05) is 18.2 Å². The lowest BCUT2D eigenvalue weighted by Crippen LogP contribution is -2.26. The second-order valence-electron chi connectivity index (χ2n) is 7.97. The number of nitrogens with two attached hydrogens (primary N) is 1. The summed E-state index contributed by atoms with van der Waals surface area (Å²) in [6.45, 7) is 3.14. The Labute approximate surface area is 194 Å². The minimum atomic E-state index is -3.33. The minimum absolute atomic E-state index is 0.0476. The van der Waals surface area contributed by atoms with Crippen LogP contribution in [0.15, 0.2) is 53.4 Å². The van der Waals surface area contributed by atoms with Crippen molar-refractivity contribution in [3.63, 3.8) is 0 Å². The predicted octanol–water partition coefficient (Wildman–Crippen LogP) is 2.81. The summed E-state index contributed by atoms with van der Waals surface area (Å²) in [5, 5.41) is 4.41. The van der Waals surface area contributed by atoms with E-state index in [1.165, 1.54) is 0 Å². The van der Waals surface area contributed by atoms with E-state index in [0.29, 0.717) is 37.7 Å². The van der Waals surface area contributed by atoms with Gasteiger partial charge >= 0.3 is 0 Å². The van der Waals surface area contributed by atoms with E-state index in [1.807, 2.05) is 41.3 Å². The zero-order valence-electron chi connectivity index (χ0n) is 18.8. The van der Waals surface area contributed by atoms with Gasteiger partial charge in [-0.3, -0.25) is 0 Å². The molecule has 0 fully saturated rings. The van der Waals surface area contributed by atoms with Gasteiger partial charge in [0.25, 0.3) is 0 Å². The van der Waals surface area contributed by atoms with Crippen molar-refractivity contribution in [2.24, 2.45) is 5.73 Å². The molecule has 0 atom stereocenters. The molecule has 0 saturated heterocycles. The van der Waals surface area contributed by atoms with Gasteiger partial charge in [0.1, 0.15) is 18.2 Å². The van der Waals surface area contributed by atoms with Crippen molar-refractivity contribution in [3.05, 3.63) is 54.1 Å². The van der Waals surface area contributed by atoms with Crippen LogP contribution in [-0.4, -0.2) is 59.1 Å². The number of nitrogens with zero attached hydrogens (tertiary/aromatic N) is 2. The monoisotopic (exact) mass is 470 g/mol. The molecular weight excluding hydrogens is 440 g/mol. The van der Waals surface area contributed by atoms with E-state index in [2.05, 4.69) is 5.32 Å². The number of hydrogen-bond acceptors (Lipinski definition) is 8. The van der Waals surface area contributed by atoms with Crippen molar-refractivity contribution in [2.45, 2.75) is 17.9 Å². The summed E-state index contributed by atoms with van der Waals surface area (Å²) in [6.07, 6.45) is 0.832. The van der Waals surface area contributed by atoms with Crippen LogP contribution in [0, 0.1) is 0 Å². The van der Waals surface area contributed by atoms with Crippen molar-refractivity contribution in [1.82, 2.24) is 4.98 Å². The standard InChI is InChI=1S/C24H30N4O4S/c1-31-12-13-32-19-7-8-21-20(15-19)22(26-10-4-9-25)16-24(27-21)28-11-14-33(29,30)23-6-3-2-5-18(23)17-28/h2-3,5-8,15-16H,4,9-14,17,25H2,1H3,(H,26,27). The number of nitrogens with one attached hydrogen (secondary N) is 1. The molecule has 0 aliphatic carbocycles. The number of benzene rings is 2. The molecule has 0 amide bonds. The third-order valence-corrected chi connectivity index (χ3v) is 7.43. The summed E-state index contributed by atoms with van der Waals surface area (Å²) in [5.41, 5.74) is 8.20. The highest BCUT2D eigenvalue weighted by Crippen LogP contribution is 2.32. The molecule has 1 aliphatic heterocycles. The zero-order chi connectivity index (χ0) is 23.3. The molecule has 9 heteroatoms. The van der Waals surface area contributed by atoms with Gasteiger partial charge in [-0.15, -0.1) is 0 Å². The van der Waals surface area contributed by atoms with Crippen molar-refractivity contribution < 1.29 is 17.9 Å². The fourth-order valence-electron chi connectivity index (χ4n) is 3.92. The third kappa shape index (κ3) is 5.38. The van der Waals surface area contributed by atoms with Crippen LogP contribution in [-0.2, 0) is 21.1 Å². The number of aromatic nitrogens is 1. The van der Waals surface area contributed by atoms with E-state index in [-0.39, 0.29) is 5.75 Å². The summed E-state index contributed by atoms with van der Waals surface area (Å²) < 4.78 is 36.4. The highest BCUT2D eigenvalue weighted by Gasteiger charge is 2.26. The molecule has 3 N–H and O–H groups in total. The molecule has 1 aromatic heterocycles. The average molecular weight is 471 g/mol. The van der Waals surface area contributed by atoms with Gasteiger partial charge in [-0.05, 0) is 42.8 Å². The number of hydrogen-bond donors (Lipinski definition) is 2. The molecule has 0 bridgehead atoms. The molecule has 2 heterocycles. The number of sulfone groups is 1. The summed E-state index contributed by atoms with van der Waals surface area (Å²) in [7, 11) is -1.69. The van der Waals surface area contributed by atoms with E-state index >= 15 is 0 Å². The molecule has 4 rings (SSSR count). The van der Waals surface area contributed by atoms with Crippen molar-refractivity contribution in [2.75, 3.05) is 55.9 Å². The first-order chi connectivity index (χ1) is 16.0. The van der Waals surface area contributed by atoms with E-state index < -0.39 is 9.84 Å². The van der Waals surface area contributed by atoms with Crippen LogP contribution in [0.1, 0.15) is 12.0 Å². The third-order valence-electron chi connectivity index (χ3n) is 5.64. The Kier molecular flexibility index (Phi) is 7.32. The highest BCUT2D eigenvalue weighted by molar-refractivity contribution is 7.91. The first-order valence-corrected chi connectivity index (χ1v) is 12.7. The van der Waals surface area contributed by atoms with Gasteiger partial charge in [0.15, 0.2) is 9.84 Å². The predicted molar refractivity (Wildman–Crippen MR) is 131 cm³/mol. The molecule has 33 heavy (non-hydrogen) atoms. The second-order valence-corrected chi connectivity index (χ2v) is 10.0. The Morgan fingerprint density at radius 3 is 2.82 bits per heavy atom. The van der Waals surface area contributed by atoms with Crippen LogP contribution in [0.4, 0.5) is 11.5 Å². The molecule has 176 valence electrons. The smallest absolute Gasteiger partial charge is 0.180 e. The summed E-state index contributed by atoms with van der Waals surface area (Å²) >= 11 is 0. The van der Waals surface area contributed by atoms with E-state index in [1.54, 1.807) is 19.2 Å². The molecule has 0 unspecified atom stereocenters. The van der Waals surface area contributed by atoms with Gasteiger partial charge in [-0.25, -0.2) is 13.4 Å². The number of fused-ring (bicyclic) bond motifs is 2. The molecular formula is C24H30N4O4S. The van der Waals surface area contributed by atoms with Gasteiger partial charge in [0.05, 0.1) is 22.8 Å². The normalized spacial score (nSPS) is 15.2. The minimum Gasteiger partial charge on any atom is -0.491 e. The Hall–Kier alpha value is -2.88. The molecule has 8 nitrogen and oxygen atoms in total. The van der Waals surface area contributed by atoms with Crippen LogP contribution in [0.2, 0.25) is 0 Å². The lowest BCUT2D eigenvalue weighted by Gasteiger charge is -2.23. The first kappa shape index (κ1) is 23.3. The second kappa shape index (κ2) is 10.4. The Bertz CT molecular complexity index is 1220. The van der Waals surface area contributed by atoms with Crippen molar-refractivity contribution in [3.8, 4) is 5.75 Å².